The number of thioether (sulfide) groups is 1. The van der Waals surface area contributed by atoms with Gasteiger partial charge in [-0.25, -0.2) is 0 Å². The van der Waals surface area contributed by atoms with Crippen molar-refractivity contribution in [2.45, 2.75) is 41.9 Å². The lowest BCUT2D eigenvalue weighted by atomic mass is 10.1. The normalized spacial score (nSPS) is 21.3. The highest BCUT2D eigenvalue weighted by molar-refractivity contribution is 8.00. The maximum Gasteiger partial charge on any atom is 0.245 e. The Kier molecular flexibility index (Phi) is 6.95. The minimum absolute atomic E-state index is 0.0197. The molecule has 2 aromatic carbocycles. The van der Waals surface area contributed by atoms with Crippen LogP contribution in [0.2, 0.25) is 0 Å². The number of nitrogens with zero attached hydrogens (tertiary/aromatic N) is 2. The number of likely N-dealkylation sites (tertiary alicyclic amines) is 1. The molecule has 1 amide bonds. The molecule has 0 saturated carbocycles. The molecule has 0 aromatic heterocycles. The molecule has 0 aliphatic carbocycles. The lowest BCUT2D eigenvalue weighted by Crippen LogP contribution is -2.38. The van der Waals surface area contributed by atoms with Crippen LogP contribution in [-0.2, 0) is 4.79 Å². The van der Waals surface area contributed by atoms with Crippen LogP contribution in [-0.4, -0.2) is 48.9 Å². The minimum atomic E-state index is -0.319. The second-order valence-electron chi connectivity index (χ2n) is 8.40. The number of carbonyl (C=O) groups is 1. The molecule has 4 rings (SSSR count). The number of anilines is 1. The van der Waals surface area contributed by atoms with Crippen molar-refractivity contribution >= 4 is 29.2 Å². The van der Waals surface area contributed by atoms with Gasteiger partial charge >= 0.3 is 0 Å². The summed E-state index contributed by atoms with van der Waals surface area (Å²) in [5.74, 6) is 0.126. The maximum atomic E-state index is 13.5. The summed E-state index contributed by atoms with van der Waals surface area (Å²) in [6.45, 7) is 3.93. The highest BCUT2D eigenvalue weighted by Gasteiger charge is 2.34. The molecule has 2 heterocycles. The number of unbranched alkanes of at least 4 members (excludes halogenated alkanes) is 2. The molecular weight excluding hydrogens is 406 g/mol. The van der Waals surface area contributed by atoms with E-state index in [-0.39, 0.29) is 17.0 Å². The molecular formula is C24H31N5OS. The van der Waals surface area contributed by atoms with E-state index in [1.165, 1.54) is 0 Å². The molecule has 0 radical (unpaired) electrons. The first-order valence-corrected chi connectivity index (χ1v) is 11.9. The summed E-state index contributed by atoms with van der Waals surface area (Å²) < 4.78 is 0. The summed E-state index contributed by atoms with van der Waals surface area (Å²) in [5, 5.41) is 7.40. The number of nitrogen functional groups attached to an aromatic ring is 1. The van der Waals surface area contributed by atoms with Gasteiger partial charge in [-0.05, 0) is 56.1 Å². The predicted octanol–water partition coefficient (Wildman–Crippen LogP) is 3.35. The standard InChI is InChI=1S/C24H31N5OS/c25-19-11-14-28(16-19)12-4-1-5-13-29-20-9-2-3-10-21(20)31-22(24(29)30)17-7-6-8-18(15-17)23(26)27/h2-3,6-10,15,19,22H,1,4-5,11-14,16,25H2,(H3,26,27). The third-order valence-corrected chi connectivity index (χ3v) is 7.37. The summed E-state index contributed by atoms with van der Waals surface area (Å²) in [7, 11) is 0. The second-order valence-corrected chi connectivity index (χ2v) is 9.55. The van der Waals surface area contributed by atoms with Gasteiger partial charge in [0.25, 0.3) is 0 Å². The summed E-state index contributed by atoms with van der Waals surface area (Å²) in [4.78, 5) is 19.0. The highest BCUT2D eigenvalue weighted by atomic mass is 32.2. The number of benzene rings is 2. The fourth-order valence-electron chi connectivity index (χ4n) is 4.38. The van der Waals surface area contributed by atoms with Crippen molar-refractivity contribution in [3.05, 3.63) is 59.7 Å². The third kappa shape index (κ3) is 5.11. The SMILES string of the molecule is N=C(N)c1cccc(C2Sc3ccccc3N(CCCCCN3CCC(N)C3)C2=O)c1. The van der Waals surface area contributed by atoms with Crippen LogP contribution in [0.25, 0.3) is 0 Å². The van der Waals surface area contributed by atoms with E-state index in [1.807, 2.05) is 47.4 Å². The minimum Gasteiger partial charge on any atom is -0.384 e. The number of amides is 1. The first-order valence-electron chi connectivity index (χ1n) is 11.0. The molecule has 0 bridgehead atoms. The molecule has 2 aromatic rings. The van der Waals surface area contributed by atoms with Crippen LogP contribution < -0.4 is 16.4 Å². The summed E-state index contributed by atoms with van der Waals surface area (Å²) >= 11 is 1.58. The molecule has 2 unspecified atom stereocenters. The van der Waals surface area contributed by atoms with Crippen molar-refractivity contribution < 1.29 is 4.79 Å². The Morgan fingerprint density at radius 1 is 1.10 bits per heavy atom. The first-order chi connectivity index (χ1) is 15.0. The van der Waals surface area contributed by atoms with Crippen LogP contribution in [0.15, 0.2) is 53.4 Å². The second kappa shape index (κ2) is 9.85. The van der Waals surface area contributed by atoms with Crippen molar-refractivity contribution in [1.82, 2.24) is 4.90 Å². The number of hydrogen-bond donors (Lipinski definition) is 3. The summed E-state index contributed by atoms with van der Waals surface area (Å²) in [6.07, 6.45) is 4.30. The zero-order chi connectivity index (χ0) is 21.8. The van der Waals surface area contributed by atoms with Gasteiger partial charge in [0, 0.05) is 29.6 Å². The average molecular weight is 438 g/mol. The molecule has 0 spiro atoms. The fraction of sp³-hybridized carbons (Fsp3) is 0.417. The number of hydrogen-bond acceptors (Lipinski definition) is 5. The van der Waals surface area contributed by atoms with Crippen LogP contribution in [0.5, 0.6) is 0 Å². The molecule has 6 nitrogen and oxygen atoms in total. The quantitative estimate of drug-likeness (QED) is 0.334. The van der Waals surface area contributed by atoms with E-state index in [9.17, 15) is 4.79 Å². The largest absolute Gasteiger partial charge is 0.384 e. The Balaban J connectivity index is 1.43. The Labute approximate surface area is 188 Å². The Bertz CT molecular complexity index is 949. The van der Waals surface area contributed by atoms with E-state index >= 15 is 0 Å². The lowest BCUT2D eigenvalue weighted by Gasteiger charge is -2.34. The lowest BCUT2D eigenvalue weighted by molar-refractivity contribution is -0.118. The summed E-state index contributed by atoms with van der Waals surface area (Å²) in [5.41, 5.74) is 14.2. The molecule has 1 saturated heterocycles. The van der Waals surface area contributed by atoms with E-state index < -0.39 is 0 Å². The van der Waals surface area contributed by atoms with Crippen LogP contribution in [0.3, 0.4) is 0 Å². The summed E-state index contributed by atoms with van der Waals surface area (Å²) in [6, 6.07) is 16.0. The van der Waals surface area contributed by atoms with E-state index in [0.29, 0.717) is 11.6 Å². The Morgan fingerprint density at radius 2 is 1.90 bits per heavy atom. The molecule has 5 N–H and O–H groups in total. The van der Waals surface area contributed by atoms with Gasteiger partial charge in [0.1, 0.15) is 11.1 Å². The number of nitrogens with one attached hydrogen (secondary N) is 1. The van der Waals surface area contributed by atoms with E-state index in [0.717, 1.165) is 68.0 Å². The molecule has 2 aliphatic heterocycles. The van der Waals surface area contributed by atoms with Gasteiger partial charge in [-0.1, -0.05) is 36.8 Å². The first kappa shape index (κ1) is 21.9. The molecule has 2 atom stereocenters. The Hall–Kier alpha value is -2.35. The average Bonchev–Trinajstić information content (AvgIpc) is 3.19. The van der Waals surface area contributed by atoms with Crippen LogP contribution in [0.4, 0.5) is 5.69 Å². The number of fused-ring (bicyclic) bond motifs is 1. The van der Waals surface area contributed by atoms with Gasteiger partial charge in [-0.2, -0.15) is 0 Å². The third-order valence-electron chi connectivity index (χ3n) is 6.06. The zero-order valence-corrected chi connectivity index (χ0v) is 18.6. The van der Waals surface area contributed by atoms with E-state index in [1.54, 1.807) is 11.8 Å². The van der Waals surface area contributed by atoms with E-state index in [4.69, 9.17) is 16.9 Å². The van der Waals surface area contributed by atoms with Crippen molar-refractivity contribution in [2.24, 2.45) is 11.5 Å². The van der Waals surface area contributed by atoms with Crippen molar-refractivity contribution in [2.75, 3.05) is 31.1 Å². The van der Waals surface area contributed by atoms with Gasteiger partial charge in [0.2, 0.25) is 5.91 Å². The topological polar surface area (TPSA) is 99.4 Å². The van der Waals surface area contributed by atoms with Crippen LogP contribution in [0.1, 0.15) is 42.1 Å². The number of para-hydroxylation sites is 1. The molecule has 31 heavy (non-hydrogen) atoms. The molecule has 2 aliphatic rings. The molecule has 1 fully saturated rings. The fourth-order valence-corrected chi connectivity index (χ4v) is 5.60. The van der Waals surface area contributed by atoms with Gasteiger partial charge in [0.15, 0.2) is 0 Å². The highest BCUT2D eigenvalue weighted by Crippen LogP contribution is 2.46. The number of nitrogens with two attached hydrogens (primary N) is 2. The number of amidine groups is 1. The van der Waals surface area contributed by atoms with Gasteiger partial charge < -0.3 is 21.3 Å². The maximum absolute atomic E-state index is 13.5. The van der Waals surface area contributed by atoms with Gasteiger partial charge in [-0.3, -0.25) is 10.2 Å². The van der Waals surface area contributed by atoms with Crippen LogP contribution >= 0.6 is 11.8 Å². The predicted molar refractivity (Wildman–Crippen MR) is 128 cm³/mol. The number of rotatable bonds is 8. The van der Waals surface area contributed by atoms with E-state index in [2.05, 4.69) is 11.0 Å². The van der Waals surface area contributed by atoms with Crippen LogP contribution in [0, 0.1) is 5.41 Å². The smallest absolute Gasteiger partial charge is 0.245 e. The Morgan fingerprint density at radius 3 is 2.68 bits per heavy atom. The van der Waals surface area contributed by atoms with Gasteiger partial charge in [-0.15, -0.1) is 11.8 Å². The van der Waals surface area contributed by atoms with Gasteiger partial charge in [0.05, 0.1) is 5.69 Å². The van der Waals surface area contributed by atoms with Crippen molar-refractivity contribution in [3.63, 3.8) is 0 Å². The zero-order valence-electron chi connectivity index (χ0n) is 17.8. The van der Waals surface area contributed by atoms with Crippen molar-refractivity contribution in [1.29, 1.82) is 5.41 Å². The monoisotopic (exact) mass is 437 g/mol. The number of carbonyl (C=O) groups excluding carboxylic acids is 1. The molecule has 7 heteroatoms. The molecule has 164 valence electrons. The van der Waals surface area contributed by atoms with Crippen molar-refractivity contribution in [3.8, 4) is 0 Å².